The smallest absolute Gasteiger partial charge is 0.182 e. The molecule has 0 spiro atoms. The van der Waals surface area contributed by atoms with Gasteiger partial charge >= 0.3 is 0 Å². The van der Waals surface area contributed by atoms with Gasteiger partial charge in [-0.2, -0.15) is 0 Å². The molecule has 0 aliphatic carbocycles. The summed E-state index contributed by atoms with van der Waals surface area (Å²) < 4.78 is 39.5. The van der Waals surface area contributed by atoms with Crippen molar-refractivity contribution in [2.45, 2.75) is 0 Å². The van der Waals surface area contributed by atoms with E-state index in [0.29, 0.717) is 17.4 Å². The molecule has 0 saturated heterocycles. The first kappa shape index (κ1) is 13.3. The van der Waals surface area contributed by atoms with Crippen LogP contribution in [0.25, 0.3) is 0 Å². The predicted molar refractivity (Wildman–Crippen MR) is 69.7 cm³/mol. The minimum absolute atomic E-state index is 0.0644. The maximum Gasteiger partial charge on any atom is 0.182 e. The molecule has 0 aliphatic rings. The number of halogens is 3. The van der Waals surface area contributed by atoms with Crippen molar-refractivity contribution in [1.29, 1.82) is 0 Å². The summed E-state index contributed by atoms with van der Waals surface area (Å²) in [6.07, 6.45) is 1.39. The van der Waals surface area contributed by atoms with Crippen molar-refractivity contribution in [3.63, 3.8) is 0 Å². The molecule has 0 fully saturated rings. The number of hydrogen-bond acceptors (Lipinski definition) is 3. The minimum Gasteiger partial charge on any atom is -0.388 e. The SMILES string of the molecule is NC(=S)c1cc(Nc2cc(F)cc(F)c2F)ccn1. The topological polar surface area (TPSA) is 50.9 Å². The Bertz CT molecular complexity index is 646. The summed E-state index contributed by atoms with van der Waals surface area (Å²) in [6, 6.07) is 4.25. The maximum atomic E-state index is 13.5. The van der Waals surface area contributed by atoms with Gasteiger partial charge in [-0.15, -0.1) is 0 Å². The van der Waals surface area contributed by atoms with Crippen LogP contribution in [0.4, 0.5) is 24.5 Å². The largest absolute Gasteiger partial charge is 0.388 e. The Labute approximate surface area is 112 Å². The average molecular weight is 283 g/mol. The van der Waals surface area contributed by atoms with Gasteiger partial charge in [0.05, 0.1) is 11.4 Å². The summed E-state index contributed by atoms with van der Waals surface area (Å²) in [5, 5.41) is 2.54. The van der Waals surface area contributed by atoms with Crippen molar-refractivity contribution in [2.75, 3.05) is 5.32 Å². The molecule has 3 N–H and O–H groups in total. The van der Waals surface area contributed by atoms with Crippen molar-refractivity contribution in [3.05, 3.63) is 53.6 Å². The molecule has 1 aromatic carbocycles. The molecular formula is C12H8F3N3S. The van der Waals surface area contributed by atoms with Crippen LogP contribution in [0, 0.1) is 17.5 Å². The number of anilines is 2. The number of pyridine rings is 1. The number of benzene rings is 1. The summed E-state index contributed by atoms with van der Waals surface area (Å²) in [7, 11) is 0. The summed E-state index contributed by atoms with van der Waals surface area (Å²) in [4.78, 5) is 3.95. The maximum absolute atomic E-state index is 13.5. The molecule has 7 heteroatoms. The van der Waals surface area contributed by atoms with Crippen LogP contribution < -0.4 is 11.1 Å². The number of nitrogens with one attached hydrogen (secondary N) is 1. The van der Waals surface area contributed by atoms with Gasteiger partial charge in [0.15, 0.2) is 11.6 Å². The monoisotopic (exact) mass is 283 g/mol. The van der Waals surface area contributed by atoms with E-state index in [2.05, 4.69) is 10.3 Å². The lowest BCUT2D eigenvalue weighted by Crippen LogP contribution is -2.11. The van der Waals surface area contributed by atoms with Crippen molar-refractivity contribution in [3.8, 4) is 0 Å². The van der Waals surface area contributed by atoms with Gasteiger partial charge in [0, 0.05) is 24.0 Å². The van der Waals surface area contributed by atoms with Crippen LogP contribution in [0.2, 0.25) is 0 Å². The van der Waals surface area contributed by atoms with Gasteiger partial charge in [-0.1, -0.05) is 12.2 Å². The zero-order valence-electron chi connectivity index (χ0n) is 9.45. The normalized spacial score (nSPS) is 10.3. The van der Waals surface area contributed by atoms with Gasteiger partial charge in [0.1, 0.15) is 10.8 Å². The Hall–Kier alpha value is -2.15. The second-order valence-corrected chi connectivity index (χ2v) is 4.11. The molecule has 98 valence electrons. The highest BCUT2D eigenvalue weighted by molar-refractivity contribution is 7.80. The van der Waals surface area contributed by atoms with E-state index in [1.165, 1.54) is 18.3 Å². The van der Waals surface area contributed by atoms with E-state index in [0.717, 1.165) is 6.07 Å². The fraction of sp³-hybridized carbons (Fsp3) is 0. The first-order chi connectivity index (χ1) is 8.97. The van der Waals surface area contributed by atoms with Crippen LogP contribution >= 0.6 is 12.2 Å². The Morgan fingerprint density at radius 1 is 1.21 bits per heavy atom. The number of nitrogens with zero attached hydrogens (tertiary/aromatic N) is 1. The lowest BCUT2D eigenvalue weighted by Gasteiger charge is -2.09. The minimum atomic E-state index is -1.27. The number of rotatable bonds is 3. The van der Waals surface area contributed by atoms with Gasteiger partial charge in [-0.05, 0) is 12.1 Å². The average Bonchev–Trinajstić information content (AvgIpc) is 2.35. The highest BCUT2D eigenvalue weighted by Crippen LogP contribution is 2.23. The number of nitrogens with two attached hydrogens (primary N) is 1. The second kappa shape index (κ2) is 5.23. The fourth-order valence-corrected chi connectivity index (χ4v) is 1.56. The molecule has 0 aliphatic heterocycles. The highest BCUT2D eigenvalue weighted by Gasteiger charge is 2.11. The van der Waals surface area contributed by atoms with Crippen LogP contribution in [-0.2, 0) is 0 Å². The van der Waals surface area contributed by atoms with Crippen LogP contribution in [-0.4, -0.2) is 9.97 Å². The molecule has 0 unspecified atom stereocenters. The van der Waals surface area contributed by atoms with E-state index >= 15 is 0 Å². The first-order valence-corrected chi connectivity index (χ1v) is 5.55. The number of aromatic nitrogens is 1. The van der Waals surface area contributed by atoms with Gasteiger partial charge < -0.3 is 11.1 Å². The van der Waals surface area contributed by atoms with Gasteiger partial charge in [0.2, 0.25) is 0 Å². The quantitative estimate of drug-likeness (QED) is 0.672. The molecule has 2 aromatic rings. The lowest BCUT2D eigenvalue weighted by molar-refractivity contribution is 0.498. The Morgan fingerprint density at radius 2 is 1.95 bits per heavy atom. The molecule has 0 atom stereocenters. The van der Waals surface area contributed by atoms with Crippen LogP contribution in [0.1, 0.15) is 5.69 Å². The Kier molecular flexibility index (Phi) is 3.66. The third-order valence-corrected chi connectivity index (χ3v) is 2.49. The molecule has 3 nitrogen and oxygen atoms in total. The summed E-state index contributed by atoms with van der Waals surface area (Å²) in [6.45, 7) is 0. The van der Waals surface area contributed by atoms with Crippen molar-refractivity contribution < 1.29 is 13.2 Å². The van der Waals surface area contributed by atoms with E-state index in [4.69, 9.17) is 18.0 Å². The third kappa shape index (κ3) is 3.00. The van der Waals surface area contributed by atoms with Gasteiger partial charge in [0.25, 0.3) is 0 Å². The lowest BCUT2D eigenvalue weighted by atomic mass is 10.2. The summed E-state index contributed by atoms with van der Waals surface area (Å²) in [5.41, 5.74) is 5.76. The van der Waals surface area contributed by atoms with E-state index < -0.39 is 17.5 Å². The van der Waals surface area contributed by atoms with Gasteiger partial charge in [-0.3, -0.25) is 4.98 Å². The van der Waals surface area contributed by atoms with E-state index in [9.17, 15) is 13.2 Å². The van der Waals surface area contributed by atoms with Crippen LogP contribution in [0.3, 0.4) is 0 Å². The second-order valence-electron chi connectivity index (χ2n) is 3.67. The molecule has 0 bridgehead atoms. The number of hydrogen-bond donors (Lipinski definition) is 2. The number of thiocarbonyl (C=S) groups is 1. The Morgan fingerprint density at radius 3 is 2.63 bits per heavy atom. The molecular weight excluding hydrogens is 275 g/mol. The Balaban J connectivity index is 2.36. The van der Waals surface area contributed by atoms with Crippen LogP contribution in [0.5, 0.6) is 0 Å². The summed E-state index contributed by atoms with van der Waals surface area (Å²) >= 11 is 4.75. The molecule has 0 saturated carbocycles. The molecule has 2 rings (SSSR count). The van der Waals surface area contributed by atoms with E-state index in [1.54, 1.807) is 0 Å². The molecule has 19 heavy (non-hydrogen) atoms. The van der Waals surface area contributed by atoms with Crippen LogP contribution in [0.15, 0.2) is 30.5 Å². The van der Waals surface area contributed by atoms with Crippen molar-refractivity contribution in [2.24, 2.45) is 5.73 Å². The highest BCUT2D eigenvalue weighted by atomic mass is 32.1. The van der Waals surface area contributed by atoms with Crippen molar-refractivity contribution in [1.82, 2.24) is 4.98 Å². The predicted octanol–water partition coefficient (Wildman–Crippen LogP) is 2.88. The van der Waals surface area contributed by atoms with Gasteiger partial charge in [-0.25, -0.2) is 13.2 Å². The molecule has 1 heterocycles. The standard InChI is InChI=1S/C12H8F3N3S/c13-6-3-8(14)11(15)9(4-6)18-7-1-2-17-10(5-7)12(16)19/h1-5H,(H2,16,19)(H,17,18). The third-order valence-electron chi connectivity index (χ3n) is 2.28. The molecule has 0 radical (unpaired) electrons. The first-order valence-electron chi connectivity index (χ1n) is 5.15. The van der Waals surface area contributed by atoms with E-state index in [1.807, 2.05) is 0 Å². The zero-order chi connectivity index (χ0) is 14.0. The molecule has 0 amide bonds. The summed E-state index contributed by atoms with van der Waals surface area (Å²) in [5.74, 6) is -3.33. The van der Waals surface area contributed by atoms with E-state index in [-0.39, 0.29) is 10.7 Å². The molecule has 1 aromatic heterocycles. The van der Waals surface area contributed by atoms with Crippen molar-refractivity contribution >= 4 is 28.6 Å². The fourth-order valence-electron chi connectivity index (χ4n) is 1.45. The zero-order valence-corrected chi connectivity index (χ0v) is 10.3.